The molecule has 0 amide bonds. The normalized spacial score (nSPS) is 11.6. The van der Waals surface area contributed by atoms with Gasteiger partial charge in [0, 0.05) is 12.6 Å². The number of benzene rings is 1. The summed E-state index contributed by atoms with van der Waals surface area (Å²) in [5, 5.41) is 12.8. The number of hydrogen-bond donors (Lipinski definition) is 3. The van der Waals surface area contributed by atoms with Gasteiger partial charge in [-0.05, 0) is 18.9 Å². The summed E-state index contributed by atoms with van der Waals surface area (Å²) < 4.78 is 26.1. The molecule has 0 fully saturated rings. The van der Waals surface area contributed by atoms with Gasteiger partial charge in [-0.15, -0.1) is 0 Å². The molecule has 0 radical (unpaired) electrons. The standard InChI is InChI=1S/C12H18F2N2O/c1-3-12(17,4-2)7-16-10-6-8(13)5-9(14)11(10)15/h5-6,16-17H,3-4,7,15H2,1-2H3. The maximum absolute atomic E-state index is 13.2. The Morgan fingerprint density at radius 2 is 1.88 bits per heavy atom. The van der Waals surface area contributed by atoms with Gasteiger partial charge in [0.25, 0.3) is 0 Å². The van der Waals surface area contributed by atoms with E-state index < -0.39 is 17.2 Å². The summed E-state index contributed by atoms with van der Waals surface area (Å²) in [6.45, 7) is 3.90. The van der Waals surface area contributed by atoms with Gasteiger partial charge < -0.3 is 16.2 Å². The van der Waals surface area contributed by atoms with Gasteiger partial charge in [-0.25, -0.2) is 8.78 Å². The van der Waals surface area contributed by atoms with Crippen molar-refractivity contribution in [1.82, 2.24) is 0 Å². The number of rotatable bonds is 5. The SMILES string of the molecule is CCC(O)(CC)CNc1cc(F)cc(F)c1N. The van der Waals surface area contributed by atoms with E-state index in [1.807, 2.05) is 13.8 Å². The molecule has 0 heterocycles. The van der Waals surface area contributed by atoms with E-state index in [0.717, 1.165) is 12.1 Å². The summed E-state index contributed by atoms with van der Waals surface area (Å²) in [5.74, 6) is -1.50. The van der Waals surface area contributed by atoms with Gasteiger partial charge in [0.15, 0.2) is 5.82 Å². The Kier molecular flexibility index (Phi) is 4.28. The Morgan fingerprint density at radius 3 is 2.41 bits per heavy atom. The van der Waals surface area contributed by atoms with Crippen LogP contribution < -0.4 is 11.1 Å². The van der Waals surface area contributed by atoms with Crippen molar-refractivity contribution in [3.63, 3.8) is 0 Å². The first kappa shape index (κ1) is 13.7. The lowest BCUT2D eigenvalue weighted by atomic mass is 9.97. The molecule has 3 nitrogen and oxygen atoms in total. The average molecular weight is 244 g/mol. The van der Waals surface area contributed by atoms with E-state index in [1.54, 1.807) is 0 Å². The molecule has 0 spiro atoms. The number of aliphatic hydroxyl groups is 1. The van der Waals surface area contributed by atoms with E-state index in [-0.39, 0.29) is 17.9 Å². The average Bonchev–Trinajstić information content (AvgIpc) is 2.31. The summed E-state index contributed by atoms with van der Waals surface area (Å²) in [6.07, 6.45) is 1.10. The maximum atomic E-state index is 13.2. The molecule has 0 saturated heterocycles. The Balaban J connectivity index is 2.82. The predicted molar refractivity (Wildman–Crippen MR) is 64.8 cm³/mol. The third-order valence-electron chi connectivity index (χ3n) is 3.02. The highest BCUT2D eigenvalue weighted by Gasteiger charge is 2.22. The van der Waals surface area contributed by atoms with Crippen LogP contribution in [0.1, 0.15) is 26.7 Å². The molecule has 0 saturated carbocycles. The van der Waals surface area contributed by atoms with Gasteiger partial charge in [-0.3, -0.25) is 0 Å². The third kappa shape index (κ3) is 3.30. The van der Waals surface area contributed by atoms with Crippen molar-refractivity contribution in [1.29, 1.82) is 0 Å². The lowest BCUT2D eigenvalue weighted by Crippen LogP contribution is -2.35. The number of nitrogen functional groups attached to an aromatic ring is 1. The number of hydrogen-bond acceptors (Lipinski definition) is 3. The molecule has 1 aromatic rings. The highest BCUT2D eigenvalue weighted by Crippen LogP contribution is 2.25. The van der Waals surface area contributed by atoms with E-state index in [9.17, 15) is 13.9 Å². The van der Waals surface area contributed by atoms with E-state index in [2.05, 4.69) is 5.32 Å². The van der Waals surface area contributed by atoms with Crippen molar-refractivity contribution in [2.45, 2.75) is 32.3 Å². The van der Waals surface area contributed by atoms with Crippen LogP contribution in [0.4, 0.5) is 20.2 Å². The molecular formula is C12H18F2N2O. The van der Waals surface area contributed by atoms with Crippen LogP contribution >= 0.6 is 0 Å². The summed E-state index contributed by atoms with van der Waals surface area (Å²) >= 11 is 0. The smallest absolute Gasteiger partial charge is 0.151 e. The van der Waals surface area contributed by atoms with Crippen molar-refractivity contribution in [2.24, 2.45) is 0 Å². The molecular weight excluding hydrogens is 226 g/mol. The molecule has 0 aliphatic rings. The van der Waals surface area contributed by atoms with Crippen LogP contribution in [0.5, 0.6) is 0 Å². The first-order chi connectivity index (χ1) is 7.91. The van der Waals surface area contributed by atoms with Crippen LogP contribution in [0.15, 0.2) is 12.1 Å². The van der Waals surface area contributed by atoms with Crippen molar-refractivity contribution in [2.75, 3.05) is 17.6 Å². The van der Waals surface area contributed by atoms with E-state index >= 15 is 0 Å². The van der Waals surface area contributed by atoms with Crippen LogP contribution in [-0.4, -0.2) is 17.3 Å². The van der Waals surface area contributed by atoms with Gasteiger partial charge >= 0.3 is 0 Å². The van der Waals surface area contributed by atoms with Crippen LogP contribution in [-0.2, 0) is 0 Å². The second-order valence-electron chi connectivity index (χ2n) is 4.13. The Bertz CT molecular complexity index is 392. The quantitative estimate of drug-likeness (QED) is 0.697. The highest BCUT2D eigenvalue weighted by molar-refractivity contribution is 5.66. The zero-order valence-electron chi connectivity index (χ0n) is 10.1. The maximum Gasteiger partial charge on any atom is 0.151 e. The van der Waals surface area contributed by atoms with Gasteiger partial charge in [0.05, 0.1) is 17.0 Å². The minimum Gasteiger partial charge on any atom is -0.395 e. The van der Waals surface area contributed by atoms with Crippen LogP contribution in [0, 0.1) is 11.6 Å². The summed E-state index contributed by atoms with van der Waals surface area (Å²) in [7, 11) is 0. The summed E-state index contributed by atoms with van der Waals surface area (Å²) in [5.41, 5.74) is 4.62. The lowest BCUT2D eigenvalue weighted by Gasteiger charge is -2.26. The molecule has 5 heteroatoms. The number of anilines is 2. The minimum atomic E-state index is -0.894. The fraction of sp³-hybridized carbons (Fsp3) is 0.500. The second kappa shape index (κ2) is 5.31. The molecule has 17 heavy (non-hydrogen) atoms. The largest absolute Gasteiger partial charge is 0.395 e. The molecule has 4 N–H and O–H groups in total. The molecule has 0 aliphatic heterocycles. The summed E-state index contributed by atoms with van der Waals surface area (Å²) in [4.78, 5) is 0. The molecule has 96 valence electrons. The van der Waals surface area contributed by atoms with Gasteiger partial charge in [-0.2, -0.15) is 0 Å². The van der Waals surface area contributed by atoms with Crippen LogP contribution in [0.25, 0.3) is 0 Å². The van der Waals surface area contributed by atoms with Crippen LogP contribution in [0.2, 0.25) is 0 Å². The molecule has 0 aromatic heterocycles. The van der Waals surface area contributed by atoms with E-state index in [0.29, 0.717) is 12.8 Å². The monoisotopic (exact) mass is 244 g/mol. The van der Waals surface area contributed by atoms with Gasteiger partial charge in [0.2, 0.25) is 0 Å². The van der Waals surface area contributed by atoms with E-state index in [4.69, 9.17) is 5.73 Å². The first-order valence-electron chi connectivity index (χ1n) is 5.62. The zero-order valence-corrected chi connectivity index (χ0v) is 10.1. The summed E-state index contributed by atoms with van der Waals surface area (Å²) in [6, 6.07) is 1.84. The number of nitrogens with two attached hydrogens (primary N) is 1. The van der Waals surface area contributed by atoms with E-state index in [1.165, 1.54) is 0 Å². The Labute approximate surface area is 99.6 Å². The Hall–Kier alpha value is -1.36. The molecule has 1 aromatic carbocycles. The minimum absolute atomic E-state index is 0.138. The third-order valence-corrected chi connectivity index (χ3v) is 3.02. The fourth-order valence-electron chi connectivity index (χ4n) is 1.49. The van der Waals surface area contributed by atoms with Crippen molar-refractivity contribution < 1.29 is 13.9 Å². The predicted octanol–water partition coefficient (Wildman–Crippen LogP) is 2.51. The van der Waals surface area contributed by atoms with Crippen molar-refractivity contribution >= 4 is 11.4 Å². The Morgan fingerprint density at radius 1 is 1.29 bits per heavy atom. The first-order valence-corrected chi connectivity index (χ1v) is 5.62. The number of halogens is 2. The second-order valence-corrected chi connectivity index (χ2v) is 4.13. The lowest BCUT2D eigenvalue weighted by molar-refractivity contribution is 0.0457. The molecule has 0 unspecified atom stereocenters. The number of nitrogens with one attached hydrogen (secondary N) is 1. The molecule has 0 aliphatic carbocycles. The van der Waals surface area contributed by atoms with Crippen LogP contribution in [0.3, 0.4) is 0 Å². The molecule has 0 atom stereocenters. The van der Waals surface area contributed by atoms with Gasteiger partial charge in [0.1, 0.15) is 5.82 Å². The topological polar surface area (TPSA) is 58.3 Å². The highest BCUT2D eigenvalue weighted by atomic mass is 19.1. The zero-order chi connectivity index (χ0) is 13.1. The molecule has 0 bridgehead atoms. The van der Waals surface area contributed by atoms with Gasteiger partial charge in [-0.1, -0.05) is 13.8 Å². The van der Waals surface area contributed by atoms with Crippen molar-refractivity contribution in [3.05, 3.63) is 23.8 Å². The van der Waals surface area contributed by atoms with Crippen molar-refractivity contribution in [3.8, 4) is 0 Å². The fourth-order valence-corrected chi connectivity index (χ4v) is 1.49. The molecule has 1 rings (SSSR count).